The first-order valence-electron chi connectivity index (χ1n) is 7.78. The Hall–Kier alpha value is -2.25. The highest BCUT2D eigenvalue weighted by Gasteiger charge is 2.30. The molecule has 0 fully saturated rings. The fraction of sp³-hybridized carbons (Fsp3) is 0.529. The molecular formula is C17H22F3NO4. The van der Waals surface area contributed by atoms with E-state index in [0.717, 1.165) is 12.1 Å². The molecule has 1 aromatic rings. The minimum absolute atomic E-state index is 0.0402. The summed E-state index contributed by atoms with van der Waals surface area (Å²) in [5.74, 6) is -0.730. The van der Waals surface area contributed by atoms with E-state index in [9.17, 15) is 22.8 Å². The van der Waals surface area contributed by atoms with Crippen molar-refractivity contribution in [1.29, 1.82) is 0 Å². The van der Waals surface area contributed by atoms with Gasteiger partial charge in [-0.25, -0.2) is 0 Å². The van der Waals surface area contributed by atoms with E-state index in [1.54, 1.807) is 0 Å². The molecular weight excluding hydrogens is 339 g/mol. The van der Waals surface area contributed by atoms with Crippen LogP contribution >= 0.6 is 0 Å². The Morgan fingerprint density at radius 3 is 2.48 bits per heavy atom. The van der Waals surface area contributed by atoms with Gasteiger partial charge in [-0.2, -0.15) is 13.2 Å². The summed E-state index contributed by atoms with van der Waals surface area (Å²) in [5.41, 5.74) is -0.845. The van der Waals surface area contributed by atoms with Crippen LogP contribution in [0, 0.1) is 5.92 Å². The lowest BCUT2D eigenvalue weighted by Gasteiger charge is -2.24. The molecule has 1 rings (SSSR count). The van der Waals surface area contributed by atoms with Crippen LogP contribution in [0.1, 0.15) is 25.8 Å². The highest BCUT2D eigenvalue weighted by atomic mass is 19.4. The SMILES string of the molecule is COC(=O)CCN(CC(C)C)C(=O)COc1cccc(C(F)(F)F)c1. The van der Waals surface area contributed by atoms with Gasteiger partial charge in [-0.05, 0) is 24.1 Å². The quantitative estimate of drug-likeness (QED) is 0.668. The first kappa shape index (κ1) is 20.8. The Balaban J connectivity index is 2.68. The van der Waals surface area contributed by atoms with Crippen molar-refractivity contribution in [2.75, 3.05) is 26.8 Å². The van der Waals surface area contributed by atoms with Gasteiger partial charge in [-0.15, -0.1) is 0 Å². The van der Waals surface area contributed by atoms with E-state index >= 15 is 0 Å². The van der Waals surface area contributed by atoms with E-state index in [2.05, 4.69) is 4.74 Å². The first-order chi connectivity index (χ1) is 11.6. The van der Waals surface area contributed by atoms with Gasteiger partial charge in [0.05, 0.1) is 19.1 Å². The Kier molecular flexibility index (Phi) is 7.73. The smallest absolute Gasteiger partial charge is 0.416 e. The normalized spacial score (nSPS) is 11.3. The Morgan fingerprint density at radius 2 is 1.92 bits per heavy atom. The van der Waals surface area contributed by atoms with Crippen LogP contribution in [-0.4, -0.2) is 43.6 Å². The molecule has 0 saturated carbocycles. The van der Waals surface area contributed by atoms with E-state index in [-0.39, 0.29) is 24.6 Å². The molecule has 0 N–H and O–H groups in total. The third kappa shape index (κ3) is 7.45. The number of amides is 1. The summed E-state index contributed by atoms with van der Waals surface area (Å²) in [4.78, 5) is 24.9. The molecule has 0 unspecified atom stereocenters. The second kappa shape index (κ2) is 9.29. The second-order valence-electron chi connectivity index (χ2n) is 5.87. The van der Waals surface area contributed by atoms with Crippen molar-refractivity contribution in [2.45, 2.75) is 26.4 Å². The van der Waals surface area contributed by atoms with Gasteiger partial charge in [0.1, 0.15) is 5.75 Å². The molecule has 0 aliphatic rings. The van der Waals surface area contributed by atoms with Crippen molar-refractivity contribution in [1.82, 2.24) is 4.90 Å². The Labute approximate surface area is 144 Å². The van der Waals surface area contributed by atoms with Gasteiger partial charge >= 0.3 is 12.1 Å². The van der Waals surface area contributed by atoms with Crippen LogP contribution in [0.25, 0.3) is 0 Å². The van der Waals surface area contributed by atoms with E-state index in [1.807, 2.05) is 13.8 Å². The van der Waals surface area contributed by atoms with Gasteiger partial charge < -0.3 is 14.4 Å². The lowest BCUT2D eigenvalue weighted by atomic mass is 10.2. The predicted molar refractivity (Wildman–Crippen MR) is 85.0 cm³/mol. The minimum Gasteiger partial charge on any atom is -0.484 e. The zero-order valence-electron chi connectivity index (χ0n) is 14.4. The highest BCUT2D eigenvalue weighted by molar-refractivity contribution is 5.78. The number of methoxy groups -OCH3 is 1. The number of carbonyl (C=O) groups excluding carboxylic acids is 2. The van der Waals surface area contributed by atoms with Gasteiger partial charge in [0.25, 0.3) is 5.91 Å². The highest BCUT2D eigenvalue weighted by Crippen LogP contribution is 2.31. The lowest BCUT2D eigenvalue weighted by Crippen LogP contribution is -2.39. The van der Waals surface area contributed by atoms with Crippen LogP contribution in [0.5, 0.6) is 5.75 Å². The zero-order valence-corrected chi connectivity index (χ0v) is 14.4. The number of nitrogens with zero attached hydrogens (tertiary/aromatic N) is 1. The van der Waals surface area contributed by atoms with E-state index in [4.69, 9.17) is 4.74 Å². The van der Waals surface area contributed by atoms with Gasteiger partial charge in [-0.3, -0.25) is 9.59 Å². The van der Waals surface area contributed by atoms with E-state index < -0.39 is 30.2 Å². The number of carbonyl (C=O) groups is 2. The molecule has 0 atom stereocenters. The van der Waals surface area contributed by atoms with Crippen molar-refractivity contribution < 1.29 is 32.2 Å². The summed E-state index contributed by atoms with van der Waals surface area (Å²) in [5, 5.41) is 0. The fourth-order valence-corrected chi connectivity index (χ4v) is 2.09. The molecule has 0 spiro atoms. The Bertz CT molecular complexity index is 588. The standard InChI is InChI=1S/C17H22F3NO4/c1-12(2)10-21(8-7-16(23)24-3)15(22)11-25-14-6-4-5-13(9-14)17(18,19)20/h4-6,9,12H,7-8,10-11H2,1-3H3. The van der Waals surface area contributed by atoms with Gasteiger partial charge in [0.2, 0.25) is 0 Å². The number of hydrogen-bond acceptors (Lipinski definition) is 4. The van der Waals surface area contributed by atoms with Crippen LogP contribution in [0.4, 0.5) is 13.2 Å². The molecule has 0 aliphatic heterocycles. The zero-order chi connectivity index (χ0) is 19.0. The maximum atomic E-state index is 12.7. The van der Waals surface area contributed by atoms with Gasteiger partial charge in [-0.1, -0.05) is 19.9 Å². The molecule has 140 valence electrons. The van der Waals surface area contributed by atoms with Crippen LogP contribution in [0.2, 0.25) is 0 Å². The Morgan fingerprint density at radius 1 is 1.24 bits per heavy atom. The summed E-state index contributed by atoms with van der Waals surface area (Å²) in [6.45, 7) is 3.98. The largest absolute Gasteiger partial charge is 0.484 e. The summed E-state index contributed by atoms with van der Waals surface area (Å²) >= 11 is 0. The topological polar surface area (TPSA) is 55.8 Å². The van der Waals surface area contributed by atoms with Crippen LogP contribution in [0.15, 0.2) is 24.3 Å². The van der Waals surface area contributed by atoms with Gasteiger partial charge in [0.15, 0.2) is 6.61 Å². The molecule has 0 radical (unpaired) electrons. The third-order valence-corrected chi connectivity index (χ3v) is 3.28. The van der Waals surface area contributed by atoms with E-state index in [0.29, 0.717) is 6.54 Å². The molecule has 0 aromatic heterocycles. The van der Waals surface area contributed by atoms with Crippen molar-refractivity contribution in [3.8, 4) is 5.75 Å². The number of benzene rings is 1. The lowest BCUT2D eigenvalue weighted by molar-refractivity contribution is -0.142. The number of esters is 1. The maximum Gasteiger partial charge on any atom is 0.416 e. The molecule has 5 nitrogen and oxygen atoms in total. The summed E-state index contributed by atoms with van der Waals surface area (Å²) in [6.07, 6.45) is -4.44. The fourth-order valence-electron chi connectivity index (χ4n) is 2.09. The number of halogens is 3. The number of alkyl halides is 3. The second-order valence-corrected chi connectivity index (χ2v) is 5.87. The van der Waals surface area contributed by atoms with Crippen LogP contribution in [-0.2, 0) is 20.5 Å². The van der Waals surface area contributed by atoms with Crippen LogP contribution in [0.3, 0.4) is 0 Å². The molecule has 0 bridgehead atoms. The van der Waals surface area contributed by atoms with Gasteiger partial charge in [0, 0.05) is 13.1 Å². The number of ether oxygens (including phenoxy) is 2. The number of rotatable bonds is 8. The third-order valence-electron chi connectivity index (χ3n) is 3.28. The average molecular weight is 361 g/mol. The molecule has 0 aliphatic carbocycles. The molecule has 25 heavy (non-hydrogen) atoms. The summed E-state index contributed by atoms with van der Waals surface area (Å²) in [7, 11) is 1.26. The first-order valence-corrected chi connectivity index (χ1v) is 7.78. The average Bonchev–Trinajstić information content (AvgIpc) is 2.55. The summed E-state index contributed by atoms with van der Waals surface area (Å²) < 4.78 is 47.8. The molecule has 1 aromatic carbocycles. The van der Waals surface area contributed by atoms with Crippen molar-refractivity contribution in [3.05, 3.63) is 29.8 Å². The monoisotopic (exact) mass is 361 g/mol. The minimum atomic E-state index is -4.48. The van der Waals surface area contributed by atoms with Crippen molar-refractivity contribution in [3.63, 3.8) is 0 Å². The van der Waals surface area contributed by atoms with Crippen molar-refractivity contribution >= 4 is 11.9 Å². The van der Waals surface area contributed by atoms with Crippen molar-refractivity contribution in [2.24, 2.45) is 5.92 Å². The predicted octanol–water partition coefficient (Wildman–Crippen LogP) is 3.13. The molecule has 0 saturated heterocycles. The summed E-state index contributed by atoms with van der Waals surface area (Å²) in [6, 6.07) is 4.33. The molecule has 0 heterocycles. The maximum absolute atomic E-state index is 12.7. The number of hydrogen-bond donors (Lipinski definition) is 0. The molecule has 8 heteroatoms. The van der Waals surface area contributed by atoms with Crippen LogP contribution < -0.4 is 4.74 Å². The van der Waals surface area contributed by atoms with E-state index in [1.165, 1.54) is 24.1 Å². The molecule has 1 amide bonds.